The first-order valence-corrected chi connectivity index (χ1v) is 3.90. The van der Waals surface area contributed by atoms with Crippen LogP contribution >= 0.6 is 0 Å². The maximum absolute atomic E-state index is 12.1. The summed E-state index contributed by atoms with van der Waals surface area (Å²) < 4.78 is 36.3. The number of aliphatic carboxylic acids is 1. The van der Waals surface area contributed by atoms with E-state index in [1.807, 2.05) is 0 Å². The molecule has 82 valence electrons. The molecule has 1 atom stereocenters. The van der Waals surface area contributed by atoms with Crippen LogP contribution in [-0.2, 0) is 11.0 Å². The van der Waals surface area contributed by atoms with Gasteiger partial charge in [0, 0.05) is 0 Å². The molecule has 6 heteroatoms. The third-order valence-corrected chi connectivity index (χ3v) is 1.79. The lowest BCUT2D eigenvalue weighted by Gasteiger charge is -2.09. The van der Waals surface area contributed by atoms with Crippen LogP contribution in [0.5, 0.6) is 0 Å². The summed E-state index contributed by atoms with van der Waals surface area (Å²) in [6.07, 6.45) is -6.26. The number of carboxylic acid groups (broad SMARTS) is 1. The smallest absolute Gasteiger partial charge is 0.416 e. The predicted molar refractivity (Wildman–Crippen MR) is 44.0 cm³/mol. The van der Waals surface area contributed by atoms with Crippen molar-refractivity contribution in [2.75, 3.05) is 0 Å². The number of rotatable bonds is 2. The van der Waals surface area contributed by atoms with Gasteiger partial charge in [0.05, 0.1) is 5.56 Å². The summed E-state index contributed by atoms with van der Waals surface area (Å²) in [5.41, 5.74) is -0.973. The van der Waals surface area contributed by atoms with Crippen LogP contribution in [0.1, 0.15) is 17.2 Å². The topological polar surface area (TPSA) is 57.5 Å². The Labute approximate surface area is 82.8 Å². The summed E-state index contributed by atoms with van der Waals surface area (Å²) in [5.74, 6) is -1.50. The summed E-state index contributed by atoms with van der Waals surface area (Å²) >= 11 is 0. The molecule has 0 amide bonds. The SMILES string of the molecule is O=C(O)[C@@H](O)c1ccc(C(F)(F)F)cc1. The lowest BCUT2D eigenvalue weighted by molar-refractivity contribution is -0.146. The van der Waals surface area contributed by atoms with Crippen LogP contribution in [0.3, 0.4) is 0 Å². The van der Waals surface area contributed by atoms with Crippen LogP contribution in [0.2, 0.25) is 0 Å². The largest absolute Gasteiger partial charge is 0.479 e. The minimum Gasteiger partial charge on any atom is -0.479 e. The van der Waals surface area contributed by atoms with E-state index in [-0.39, 0.29) is 5.56 Å². The van der Waals surface area contributed by atoms with Gasteiger partial charge in [-0.1, -0.05) is 12.1 Å². The van der Waals surface area contributed by atoms with Crippen molar-refractivity contribution >= 4 is 5.97 Å². The Bertz CT molecular complexity index is 356. The molecule has 2 N–H and O–H groups in total. The fourth-order valence-electron chi connectivity index (χ4n) is 0.997. The van der Waals surface area contributed by atoms with Crippen LogP contribution in [0.25, 0.3) is 0 Å². The van der Waals surface area contributed by atoms with Crippen molar-refractivity contribution in [3.63, 3.8) is 0 Å². The molecule has 1 aromatic carbocycles. The van der Waals surface area contributed by atoms with Gasteiger partial charge in [-0.05, 0) is 17.7 Å². The molecule has 0 aliphatic carbocycles. The molecule has 0 fully saturated rings. The summed E-state index contributed by atoms with van der Waals surface area (Å²) in [4.78, 5) is 10.3. The first-order valence-electron chi connectivity index (χ1n) is 3.90. The molecule has 0 aromatic heterocycles. The van der Waals surface area contributed by atoms with Crippen LogP contribution in [0, 0.1) is 0 Å². The molecule has 0 saturated heterocycles. The van der Waals surface area contributed by atoms with Crippen molar-refractivity contribution in [1.29, 1.82) is 0 Å². The zero-order valence-electron chi connectivity index (χ0n) is 7.32. The fraction of sp³-hybridized carbons (Fsp3) is 0.222. The Morgan fingerprint density at radius 3 is 2.00 bits per heavy atom. The van der Waals surface area contributed by atoms with Gasteiger partial charge in [-0.2, -0.15) is 13.2 Å². The van der Waals surface area contributed by atoms with Gasteiger partial charge in [0.1, 0.15) is 0 Å². The van der Waals surface area contributed by atoms with Crippen molar-refractivity contribution < 1.29 is 28.2 Å². The molecule has 0 bridgehead atoms. The highest BCUT2D eigenvalue weighted by atomic mass is 19.4. The molecule has 3 nitrogen and oxygen atoms in total. The summed E-state index contributed by atoms with van der Waals surface area (Å²) in [6, 6.07) is 3.31. The monoisotopic (exact) mass is 220 g/mol. The van der Waals surface area contributed by atoms with Crippen molar-refractivity contribution in [2.45, 2.75) is 12.3 Å². The predicted octanol–water partition coefficient (Wildman–Crippen LogP) is 1.82. The molecular weight excluding hydrogens is 213 g/mol. The van der Waals surface area contributed by atoms with Gasteiger partial charge in [-0.15, -0.1) is 0 Å². The van der Waals surface area contributed by atoms with Crippen molar-refractivity contribution in [3.8, 4) is 0 Å². The highest BCUT2D eigenvalue weighted by molar-refractivity contribution is 5.73. The van der Waals surface area contributed by atoms with E-state index < -0.39 is 23.8 Å². The molecule has 1 aromatic rings. The number of alkyl halides is 3. The number of carboxylic acids is 1. The lowest BCUT2D eigenvalue weighted by Crippen LogP contribution is -2.11. The minimum absolute atomic E-state index is 0.0875. The molecular formula is C9H7F3O3. The first kappa shape index (κ1) is 11.5. The highest BCUT2D eigenvalue weighted by Crippen LogP contribution is 2.29. The quantitative estimate of drug-likeness (QED) is 0.799. The summed E-state index contributed by atoms with van der Waals surface area (Å²) in [5, 5.41) is 17.4. The average molecular weight is 220 g/mol. The molecule has 0 aliphatic rings. The zero-order valence-corrected chi connectivity index (χ0v) is 7.32. The van der Waals surface area contributed by atoms with Gasteiger partial charge in [0.2, 0.25) is 0 Å². The Balaban J connectivity index is 2.95. The van der Waals surface area contributed by atoms with Crippen molar-refractivity contribution in [1.82, 2.24) is 0 Å². The Hall–Kier alpha value is -1.56. The Kier molecular flexibility index (Phi) is 2.99. The van der Waals surface area contributed by atoms with Gasteiger partial charge < -0.3 is 10.2 Å². The average Bonchev–Trinajstić information content (AvgIpc) is 2.15. The molecule has 0 aliphatic heterocycles. The second-order valence-electron chi connectivity index (χ2n) is 2.86. The highest BCUT2D eigenvalue weighted by Gasteiger charge is 2.30. The molecule has 1 rings (SSSR count). The van der Waals surface area contributed by atoms with Crippen LogP contribution in [-0.4, -0.2) is 16.2 Å². The fourth-order valence-corrected chi connectivity index (χ4v) is 0.997. The number of halogens is 3. The molecule has 0 heterocycles. The van der Waals surface area contributed by atoms with Crippen molar-refractivity contribution in [2.24, 2.45) is 0 Å². The van der Waals surface area contributed by atoms with E-state index in [2.05, 4.69) is 0 Å². The molecule has 15 heavy (non-hydrogen) atoms. The number of carbonyl (C=O) groups is 1. The second kappa shape index (κ2) is 3.90. The van der Waals surface area contributed by atoms with E-state index in [9.17, 15) is 18.0 Å². The summed E-state index contributed by atoms with van der Waals surface area (Å²) in [7, 11) is 0. The number of benzene rings is 1. The van der Waals surface area contributed by atoms with Gasteiger partial charge in [0.15, 0.2) is 6.10 Å². The van der Waals surface area contributed by atoms with E-state index in [1.165, 1.54) is 0 Å². The molecule has 0 radical (unpaired) electrons. The second-order valence-corrected chi connectivity index (χ2v) is 2.86. The lowest BCUT2D eigenvalue weighted by atomic mass is 10.1. The maximum Gasteiger partial charge on any atom is 0.416 e. The van der Waals surface area contributed by atoms with Crippen LogP contribution < -0.4 is 0 Å². The number of hydrogen-bond acceptors (Lipinski definition) is 2. The number of hydrogen-bond donors (Lipinski definition) is 2. The van der Waals surface area contributed by atoms with Crippen LogP contribution in [0.4, 0.5) is 13.2 Å². The molecule has 0 spiro atoms. The Morgan fingerprint density at radius 1 is 1.20 bits per heavy atom. The van der Waals surface area contributed by atoms with Gasteiger partial charge in [0.25, 0.3) is 0 Å². The van der Waals surface area contributed by atoms with E-state index in [1.54, 1.807) is 0 Å². The minimum atomic E-state index is -4.47. The maximum atomic E-state index is 12.1. The molecule has 0 unspecified atom stereocenters. The van der Waals surface area contributed by atoms with Gasteiger partial charge >= 0.3 is 12.1 Å². The summed E-state index contributed by atoms with van der Waals surface area (Å²) in [6.45, 7) is 0. The normalized spacial score (nSPS) is 13.6. The first-order chi connectivity index (χ1) is 6.82. The van der Waals surface area contributed by atoms with E-state index in [0.717, 1.165) is 24.3 Å². The van der Waals surface area contributed by atoms with Gasteiger partial charge in [-0.3, -0.25) is 0 Å². The molecule has 0 saturated carbocycles. The third-order valence-electron chi connectivity index (χ3n) is 1.79. The van der Waals surface area contributed by atoms with Gasteiger partial charge in [-0.25, -0.2) is 4.79 Å². The Morgan fingerprint density at radius 2 is 1.67 bits per heavy atom. The number of aliphatic hydroxyl groups excluding tert-OH is 1. The van der Waals surface area contributed by atoms with Crippen LogP contribution in [0.15, 0.2) is 24.3 Å². The third kappa shape index (κ3) is 2.69. The van der Waals surface area contributed by atoms with E-state index in [4.69, 9.17) is 10.2 Å². The van der Waals surface area contributed by atoms with E-state index in [0.29, 0.717) is 0 Å². The standard InChI is InChI=1S/C9H7F3O3/c10-9(11,12)6-3-1-5(2-4-6)7(13)8(14)15/h1-4,7,13H,(H,14,15)/t7-/m0/s1. The van der Waals surface area contributed by atoms with E-state index >= 15 is 0 Å². The van der Waals surface area contributed by atoms with Crippen molar-refractivity contribution in [3.05, 3.63) is 35.4 Å². The number of aliphatic hydroxyl groups is 1. The zero-order chi connectivity index (χ0) is 11.6.